The predicted octanol–water partition coefficient (Wildman–Crippen LogP) is 1.93. The van der Waals surface area contributed by atoms with Crippen molar-refractivity contribution in [3.05, 3.63) is 35.6 Å². The molecule has 2 aromatic rings. The zero-order valence-corrected chi connectivity index (χ0v) is 8.60. The standard InChI is InChI=1S/C11H10N2O3/c1-6-9(13-11(12)16-6)7-4-2-3-5-8(7)10(14)15/h2-5H,1H3,(H2,12,13)(H,14,15). The summed E-state index contributed by atoms with van der Waals surface area (Å²) in [7, 11) is 0. The molecule has 2 rings (SSSR count). The van der Waals surface area contributed by atoms with Gasteiger partial charge in [-0.1, -0.05) is 18.2 Å². The molecule has 0 aliphatic heterocycles. The summed E-state index contributed by atoms with van der Waals surface area (Å²) in [5, 5.41) is 9.04. The molecule has 0 amide bonds. The summed E-state index contributed by atoms with van der Waals surface area (Å²) in [6.45, 7) is 1.69. The maximum atomic E-state index is 11.0. The summed E-state index contributed by atoms with van der Waals surface area (Å²) in [6, 6.07) is 6.63. The minimum Gasteiger partial charge on any atom is -0.478 e. The largest absolute Gasteiger partial charge is 0.478 e. The number of nitrogens with two attached hydrogens (primary N) is 1. The Bertz CT molecular complexity index is 546. The number of hydrogen-bond acceptors (Lipinski definition) is 4. The molecule has 0 atom stereocenters. The molecule has 0 radical (unpaired) electrons. The quantitative estimate of drug-likeness (QED) is 0.803. The lowest BCUT2D eigenvalue weighted by molar-refractivity contribution is 0.0697. The number of nitrogens with zero attached hydrogens (tertiary/aromatic N) is 1. The Kier molecular flexibility index (Phi) is 2.36. The van der Waals surface area contributed by atoms with E-state index in [-0.39, 0.29) is 11.6 Å². The summed E-state index contributed by atoms with van der Waals surface area (Å²) in [6.07, 6.45) is 0. The van der Waals surface area contributed by atoms with Crippen LogP contribution in [0.1, 0.15) is 16.1 Å². The van der Waals surface area contributed by atoms with Crippen molar-refractivity contribution in [2.45, 2.75) is 6.92 Å². The monoisotopic (exact) mass is 218 g/mol. The van der Waals surface area contributed by atoms with Crippen molar-refractivity contribution in [1.29, 1.82) is 0 Å². The molecule has 1 aromatic carbocycles. The van der Waals surface area contributed by atoms with E-state index in [9.17, 15) is 4.79 Å². The van der Waals surface area contributed by atoms with Crippen molar-refractivity contribution in [2.24, 2.45) is 0 Å². The smallest absolute Gasteiger partial charge is 0.336 e. The van der Waals surface area contributed by atoms with Gasteiger partial charge in [0.1, 0.15) is 11.5 Å². The van der Waals surface area contributed by atoms with Crippen LogP contribution in [0, 0.1) is 6.92 Å². The molecule has 0 saturated heterocycles. The number of carbonyl (C=O) groups is 1. The van der Waals surface area contributed by atoms with E-state index < -0.39 is 5.97 Å². The van der Waals surface area contributed by atoms with Gasteiger partial charge in [-0.25, -0.2) is 4.79 Å². The van der Waals surface area contributed by atoms with E-state index in [1.165, 1.54) is 6.07 Å². The Labute approximate surface area is 91.5 Å². The van der Waals surface area contributed by atoms with Gasteiger partial charge in [0.25, 0.3) is 6.01 Å². The average Bonchev–Trinajstić information content (AvgIpc) is 2.57. The Morgan fingerprint density at radius 2 is 2.12 bits per heavy atom. The maximum absolute atomic E-state index is 11.0. The van der Waals surface area contributed by atoms with Crippen LogP contribution in [0.25, 0.3) is 11.3 Å². The van der Waals surface area contributed by atoms with Gasteiger partial charge >= 0.3 is 5.97 Å². The second-order valence-corrected chi connectivity index (χ2v) is 3.31. The third-order valence-corrected chi connectivity index (χ3v) is 2.23. The Balaban J connectivity index is 2.64. The molecule has 0 fully saturated rings. The first kappa shape index (κ1) is 10.2. The van der Waals surface area contributed by atoms with E-state index in [4.69, 9.17) is 15.3 Å². The first-order valence-electron chi connectivity index (χ1n) is 4.65. The number of nitrogen functional groups attached to an aromatic ring is 1. The van der Waals surface area contributed by atoms with Gasteiger partial charge in [-0.2, -0.15) is 4.98 Å². The molecule has 0 saturated carbocycles. The average molecular weight is 218 g/mol. The SMILES string of the molecule is Cc1oc(N)nc1-c1ccccc1C(=O)O. The minimum atomic E-state index is -1.00. The van der Waals surface area contributed by atoms with Crippen LogP contribution in [0.15, 0.2) is 28.7 Å². The second-order valence-electron chi connectivity index (χ2n) is 3.31. The second kappa shape index (κ2) is 3.69. The number of hydrogen-bond donors (Lipinski definition) is 2. The van der Waals surface area contributed by atoms with Gasteiger partial charge in [0.15, 0.2) is 0 Å². The summed E-state index contributed by atoms with van der Waals surface area (Å²) >= 11 is 0. The topological polar surface area (TPSA) is 89.4 Å². The molecule has 16 heavy (non-hydrogen) atoms. The van der Waals surface area contributed by atoms with Crippen molar-refractivity contribution < 1.29 is 14.3 Å². The normalized spacial score (nSPS) is 10.3. The van der Waals surface area contributed by atoms with Gasteiger partial charge in [0, 0.05) is 5.56 Å². The third-order valence-electron chi connectivity index (χ3n) is 2.23. The fraction of sp³-hybridized carbons (Fsp3) is 0.0909. The van der Waals surface area contributed by atoms with E-state index in [0.717, 1.165) is 0 Å². The zero-order chi connectivity index (χ0) is 11.7. The highest BCUT2D eigenvalue weighted by Gasteiger charge is 2.16. The number of carboxylic acids is 1. The van der Waals surface area contributed by atoms with Crippen LogP contribution in [0.5, 0.6) is 0 Å². The molecule has 1 aromatic heterocycles. The summed E-state index contributed by atoms with van der Waals surface area (Å²) < 4.78 is 5.08. The van der Waals surface area contributed by atoms with E-state index in [2.05, 4.69) is 4.98 Å². The molecule has 0 bridgehead atoms. The molecule has 5 heteroatoms. The molecule has 0 aliphatic rings. The predicted molar refractivity (Wildman–Crippen MR) is 58.0 cm³/mol. The van der Waals surface area contributed by atoms with Gasteiger partial charge in [-0.15, -0.1) is 0 Å². The van der Waals surface area contributed by atoms with Crippen molar-refractivity contribution in [3.63, 3.8) is 0 Å². The van der Waals surface area contributed by atoms with E-state index in [0.29, 0.717) is 17.0 Å². The summed E-state index contributed by atoms with van der Waals surface area (Å²) in [5.74, 6) is -0.497. The number of carboxylic acid groups (broad SMARTS) is 1. The van der Waals surface area contributed by atoms with Crippen LogP contribution < -0.4 is 5.73 Å². The Morgan fingerprint density at radius 1 is 1.44 bits per heavy atom. The lowest BCUT2D eigenvalue weighted by Gasteiger charge is -2.02. The highest BCUT2D eigenvalue weighted by molar-refractivity contribution is 5.95. The number of rotatable bonds is 2. The van der Waals surface area contributed by atoms with E-state index >= 15 is 0 Å². The van der Waals surface area contributed by atoms with Crippen LogP contribution in [0.4, 0.5) is 6.01 Å². The molecule has 3 N–H and O–H groups in total. The van der Waals surface area contributed by atoms with E-state index in [1.54, 1.807) is 25.1 Å². The van der Waals surface area contributed by atoms with Gasteiger partial charge in [0.05, 0.1) is 5.56 Å². The molecule has 82 valence electrons. The molecule has 0 aliphatic carbocycles. The number of aromatic nitrogens is 1. The molecular weight excluding hydrogens is 208 g/mol. The molecular formula is C11H10N2O3. The fourth-order valence-corrected chi connectivity index (χ4v) is 1.54. The zero-order valence-electron chi connectivity index (χ0n) is 8.60. The van der Waals surface area contributed by atoms with Crippen LogP contribution in [0.3, 0.4) is 0 Å². The van der Waals surface area contributed by atoms with Gasteiger partial charge in [-0.3, -0.25) is 0 Å². The maximum Gasteiger partial charge on any atom is 0.336 e. The first-order chi connectivity index (χ1) is 7.59. The number of aryl methyl sites for hydroxylation is 1. The molecule has 1 heterocycles. The lowest BCUT2D eigenvalue weighted by atomic mass is 10.0. The summed E-state index contributed by atoms with van der Waals surface area (Å²) in [4.78, 5) is 15.0. The minimum absolute atomic E-state index is 0.0349. The first-order valence-corrected chi connectivity index (χ1v) is 4.65. The number of aromatic carboxylic acids is 1. The number of anilines is 1. The summed E-state index contributed by atoms with van der Waals surface area (Å²) in [5.41, 5.74) is 6.57. The fourth-order valence-electron chi connectivity index (χ4n) is 1.54. The Hall–Kier alpha value is -2.30. The Morgan fingerprint density at radius 3 is 2.69 bits per heavy atom. The third kappa shape index (κ3) is 1.63. The van der Waals surface area contributed by atoms with Crippen molar-refractivity contribution >= 4 is 12.0 Å². The van der Waals surface area contributed by atoms with Crippen molar-refractivity contribution in [3.8, 4) is 11.3 Å². The van der Waals surface area contributed by atoms with Crippen LogP contribution in [0.2, 0.25) is 0 Å². The highest BCUT2D eigenvalue weighted by Crippen LogP contribution is 2.27. The van der Waals surface area contributed by atoms with E-state index in [1.807, 2.05) is 0 Å². The lowest BCUT2D eigenvalue weighted by Crippen LogP contribution is -1.99. The molecule has 0 unspecified atom stereocenters. The number of oxazole rings is 1. The molecule has 0 spiro atoms. The highest BCUT2D eigenvalue weighted by atomic mass is 16.4. The van der Waals surface area contributed by atoms with Crippen LogP contribution in [-0.4, -0.2) is 16.1 Å². The van der Waals surface area contributed by atoms with Gasteiger partial charge in [0.2, 0.25) is 0 Å². The van der Waals surface area contributed by atoms with Crippen molar-refractivity contribution in [2.75, 3.05) is 5.73 Å². The van der Waals surface area contributed by atoms with Gasteiger partial charge in [-0.05, 0) is 13.0 Å². The van der Waals surface area contributed by atoms with Crippen LogP contribution >= 0.6 is 0 Å². The van der Waals surface area contributed by atoms with Crippen molar-refractivity contribution in [1.82, 2.24) is 4.98 Å². The van der Waals surface area contributed by atoms with Crippen LogP contribution in [-0.2, 0) is 0 Å². The molecule has 5 nitrogen and oxygen atoms in total. The van der Waals surface area contributed by atoms with Gasteiger partial charge < -0.3 is 15.3 Å². The number of benzene rings is 1.